The molecule has 0 spiro atoms. The molecule has 0 aliphatic carbocycles. The molecule has 0 saturated heterocycles. The van der Waals surface area contributed by atoms with Crippen molar-refractivity contribution in [2.45, 2.75) is 58.4 Å². The Morgan fingerprint density at radius 3 is 2.75 bits per heavy atom. The van der Waals surface area contributed by atoms with Gasteiger partial charge in [-0.3, -0.25) is 0 Å². The molecule has 92 valence electrons. The third-order valence-corrected chi connectivity index (χ3v) is 3.74. The van der Waals surface area contributed by atoms with E-state index in [0.29, 0.717) is 0 Å². The first-order valence-electron chi connectivity index (χ1n) is 6.61. The highest BCUT2D eigenvalue weighted by atomic mass is 32.1. The Hall–Kier alpha value is -0.340. The Labute approximate surface area is 104 Å². The average molecular weight is 239 g/mol. The molecule has 1 nitrogen and oxygen atoms in total. The van der Waals surface area contributed by atoms with Gasteiger partial charge in [0.25, 0.3) is 0 Å². The van der Waals surface area contributed by atoms with Crippen LogP contribution in [-0.2, 0) is 6.42 Å². The molecule has 16 heavy (non-hydrogen) atoms. The minimum atomic E-state index is 0.719. The molecule has 1 unspecified atom stereocenters. The number of thiophene rings is 1. The van der Waals surface area contributed by atoms with Crippen LogP contribution in [0.1, 0.15) is 51.5 Å². The molecule has 1 N–H and O–H groups in total. The normalized spacial score (nSPS) is 12.9. The monoisotopic (exact) mass is 239 g/mol. The summed E-state index contributed by atoms with van der Waals surface area (Å²) in [5.41, 5.74) is 1.50. The minimum absolute atomic E-state index is 0.719. The number of unbranched alkanes of at least 4 members (excludes halogenated alkanes) is 2. The lowest BCUT2D eigenvalue weighted by molar-refractivity contribution is 0.444. The van der Waals surface area contributed by atoms with E-state index < -0.39 is 0 Å². The van der Waals surface area contributed by atoms with Gasteiger partial charge in [-0.1, -0.05) is 33.1 Å². The third-order valence-electron chi connectivity index (χ3n) is 3.01. The molecule has 0 radical (unpaired) electrons. The summed E-state index contributed by atoms with van der Waals surface area (Å²) in [6.45, 7) is 5.57. The Balaban J connectivity index is 2.21. The molecule has 1 aromatic rings. The smallest absolute Gasteiger partial charge is 0.00701 e. The van der Waals surface area contributed by atoms with Crippen LogP contribution in [0.5, 0.6) is 0 Å². The molecule has 0 aliphatic rings. The zero-order valence-corrected chi connectivity index (χ0v) is 11.5. The molecular weight excluding hydrogens is 214 g/mol. The number of nitrogens with one attached hydrogen (secondary N) is 1. The molecule has 0 amide bonds. The van der Waals surface area contributed by atoms with Crippen LogP contribution in [0.15, 0.2) is 16.8 Å². The summed E-state index contributed by atoms with van der Waals surface area (Å²) in [5.74, 6) is 0. The summed E-state index contributed by atoms with van der Waals surface area (Å²) in [4.78, 5) is 0. The van der Waals surface area contributed by atoms with Crippen molar-refractivity contribution >= 4 is 11.3 Å². The van der Waals surface area contributed by atoms with Crippen LogP contribution >= 0.6 is 11.3 Å². The molecule has 2 heteroatoms. The lowest BCUT2D eigenvalue weighted by Gasteiger charge is -2.17. The number of rotatable bonds is 9. The van der Waals surface area contributed by atoms with Crippen LogP contribution < -0.4 is 5.32 Å². The van der Waals surface area contributed by atoms with Crippen molar-refractivity contribution in [1.82, 2.24) is 5.32 Å². The molecule has 1 aromatic heterocycles. The highest BCUT2D eigenvalue weighted by Crippen LogP contribution is 2.13. The van der Waals surface area contributed by atoms with Crippen molar-refractivity contribution in [3.05, 3.63) is 22.4 Å². The second kappa shape index (κ2) is 8.77. The van der Waals surface area contributed by atoms with Gasteiger partial charge in [0.05, 0.1) is 0 Å². The van der Waals surface area contributed by atoms with Gasteiger partial charge in [-0.05, 0) is 48.2 Å². The van der Waals surface area contributed by atoms with Gasteiger partial charge >= 0.3 is 0 Å². The van der Waals surface area contributed by atoms with E-state index in [9.17, 15) is 0 Å². The summed E-state index contributed by atoms with van der Waals surface area (Å²) in [5, 5.41) is 8.06. The van der Waals surface area contributed by atoms with Crippen molar-refractivity contribution in [2.24, 2.45) is 0 Å². The quantitative estimate of drug-likeness (QED) is 0.636. The maximum absolute atomic E-state index is 3.61. The Kier molecular flexibility index (Phi) is 7.52. The molecule has 0 aliphatic heterocycles. The molecule has 1 rings (SSSR count). The second-order valence-electron chi connectivity index (χ2n) is 4.42. The molecule has 1 heterocycles. The van der Waals surface area contributed by atoms with Gasteiger partial charge in [0.2, 0.25) is 0 Å². The van der Waals surface area contributed by atoms with Crippen LogP contribution in [0, 0.1) is 0 Å². The van der Waals surface area contributed by atoms with Gasteiger partial charge in [0, 0.05) is 6.04 Å². The predicted octanol–water partition coefficient (Wildman–Crippen LogP) is 4.24. The molecule has 0 saturated carbocycles. The Morgan fingerprint density at radius 1 is 1.25 bits per heavy atom. The first-order valence-corrected chi connectivity index (χ1v) is 7.55. The fraction of sp³-hybridized carbons (Fsp3) is 0.714. The summed E-state index contributed by atoms with van der Waals surface area (Å²) < 4.78 is 0. The lowest BCUT2D eigenvalue weighted by Crippen LogP contribution is -2.29. The van der Waals surface area contributed by atoms with Crippen molar-refractivity contribution in [2.75, 3.05) is 6.54 Å². The van der Waals surface area contributed by atoms with Gasteiger partial charge < -0.3 is 5.32 Å². The number of hydrogen-bond acceptors (Lipinski definition) is 2. The lowest BCUT2D eigenvalue weighted by atomic mass is 10.0. The van der Waals surface area contributed by atoms with Crippen LogP contribution in [-0.4, -0.2) is 12.6 Å². The SMILES string of the molecule is CCCCCC(CCc1ccsc1)NCC. The van der Waals surface area contributed by atoms with Crippen molar-refractivity contribution in [3.63, 3.8) is 0 Å². The first-order chi connectivity index (χ1) is 7.86. The van der Waals surface area contributed by atoms with E-state index >= 15 is 0 Å². The van der Waals surface area contributed by atoms with Crippen molar-refractivity contribution in [1.29, 1.82) is 0 Å². The fourth-order valence-electron chi connectivity index (χ4n) is 2.05. The highest BCUT2D eigenvalue weighted by molar-refractivity contribution is 7.07. The van der Waals surface area contributed by atoms with E-state index in [2.05, 4.69) is 36.0 Å². The van der Waals surface area contributed by atoms with Gasteiger partial charge in [-0.15, -0.1) is 0 Å². The average Bonchev–Trinajstić information content (AvgIpc) is 2.79. The number of hydrogen-bond donors (Lipinski definition) is 1. The van der Waals surface area contributed by atoms with Crippen LogP contribution in [0.2, 0.25) is 0 Å². The van der Waals surface area contributed by atoms with Gasteiger partial charge in [-0.25, -0.2) is 0 Å². The van der Waals surface area contributed by atoms with E-state index in [1.165, 1.54) is 44.1 Å². The largest absolute Gasteiger partial charge is 0.314 e. The minimum Gasteiger partial charge on any atom is -0.314 e. The summed E-state index contributed by atoms with van der Waals surface area (Å²) >= 11 is 1.81. The number of aryl methyl sites for hydroxylation is 1. The third kappa shape index (κ3) is 5.66. The van der Waals surface area contributed by atoms with E-state index in [1.807, 2.05) is 0 Å². The first kappa shape index (κ1) is 13.7. The van der Waals surface area contributed by atoms with Crippen LogP contribution in [0.4, 0.5) is 0 Å². The zero-order chi connectivity index (χ0) is 11.6. The second-order valence-corrected chi connectivity index (χ2v) is 5.20. The summed E-state index contributed by atoms with van der Waals surface area (Å²) in [6.07, 6.45) is 7.93. The molecule has 0 aromatic carbocycles. The molecular formula is C14H25NS. The Bertz CT molecular complexity index is 243. The van der Waals surface area contributed by atoms with Gasteiger partial charge in [0.15, 0.2) is 0 Å². The predicted molar refractivity (Wildman–Crippen MR) is 74.2 cm³/mol. The molecule has 0 bridgehead atoms. The molecule has 1 atom stereocenters. The Morgan fingerprint density at radius 2 is 2.12 bits per heavy atom. The van der Waals surface area contributed by atoms with Gasteiger partial charge in [-0.2, -0.15) is 11.3 Å². The highest BCUT2D eigenvalue weighted by Gasteiger charge is 2.07. The van der Waals surface area contributed by atoms with E-state index in [-0.39, 0.29) is 0 Å². The van der Waals surface area contributed by atoms with Crippen molar-refractivity contribution < 1.29 is 0 Å². The fourth-order valence-corrected chi connectivity index (χ4v) is 2.76. The maximum atomic E-state index is 3.61. The van der Waals surface area contributed by atoms with E-state index in [4.69, 9.17) is 0 Å². The zero-order valence-electron chi connectivity index (χ0n) is 10.7. The van der Waals surface area contributed by atoms with Crippen LogP contribution in [0.25, 0.3) is 0 Å². The van der Waals surface area contributed by atoms with Crippen molar-refractivity contribution in [3.8, 4) is 0 Å². The van der Waals surface area contributed by atoms with E-state index in [1.54, 1.807) is 11.3 Å². The standard InChI is InChI=1S/C14H25NS/c1-3-5-6-7-14(15-4-2)9-8-13-10-11-16-12-13/h10-12,14-15H,3-9H2,1-2H3. The topological polar surface area (TPSA) is 12.0 Å². The van der Waals surface area contributed by atoms with E-state index in [0.717, 1.165) is 12.6 Å². The summed E-state index contributed by atoms with van der Waals surface area (Å²) in [7, 11) is 0. The maximum Gasteiger partial charge on any atom is 0.00701 e. The molecule has 0 fully saturated rings. The van der Waals surface area contributed by atoms with Crippen LogP contribution in [0.3, 0.4) is 0 Å². The van der Waals surface area contributed by atoms with Gasteiger partial charge in [0.1, 0.15) is 0 Å². The summed E-state index contributed by atoms with van der Waals surface area (Å²) in [6, 6.07) is 2.97.